The third-order valence-electron chi connectivity index (χ3n) is 3.27. The highest BCUT2D eigenvalue weighted by molar-refractivity contribution is 5.90. The molecule has 1 unspecified atom stereocenters. The number of carbonyl (C=O) groups excluding carboxylic acids is 1. The largest absolute Gasteiger partial charge is 0.465 e. The smallest absolute Gasteiger partial charge is 0.340 e. The van der Waals surface area contributed by atoms with Crippen molar-refractivity contribution in [2.45, 2.75) is 25.3 Å². The van der Waals surface area contributed by atoms with Crippen molar-refractivity contribution in [1.82, 2.24) is 0 Å². The highest BCUT2D eigenvalue weighted by Gasteiger charge is 2.19. The molecule has 0 aromatic heterocycles. The van der Waals surface area contributed by atoms with Crippen LogP contribution < -0.4 is 5.32 Å². The molecule has 1 aromatic carbocycles. The number of halogens is 2. The predicted molar refractivity (Wildman–Crippen MR) is 69.8 cm³/mol. The van der Waals surface area contributed by atoms with Crippen LogP contribution in [0.2, 0.25) is 0 Å². The maximum atomic E-state index is 13.8. The molecule has 1 fully saturated rings. The normalized spacial score (nSPS) is 19.2. The molecule has 1 atom stereocenters. The molecule has 0 aliphatic carbocycles. The van der Waals surface area contributed by atoms with Gasteiger partial charge in [0.15, 0.2) is 0 Å². The van der Waals surface area contributed by atoms with E-state index >= 15 is 0 Å². The Kier molecular flexibility index (Phi) is 4.89. The Labute approximate surface area is 116 Å². The van der Waals surface area contributed by atoms with Gasteiger partial charge in [0.25, 0.3) is 0 Å². The van der Waals surface area contributed by atoms with E-state index in [1.165, 1.54) is 0 Å². The number of carbonyl (C=O) groups is 1. The first-order valence-corrected chi connectivity index (χ1v) is 6.53. The molecule has 1 heterocycles. The van der Waals surface area contributed by atoms with Crippen molar-refractivity contribution in [1.29, 1.82) is 0 Å². The van der Waals surface area contributed by atoms with Crippen LogP contribution in [0, 0.1) is 11.6 Å². The third kappa shape index (κ3) is 3.45. The zero-order valence-corrected chi connectivity index (χ0v) is 11.2. The van der Waals surface area contributed by atoms with E-state index in [9.17, 15) is 13.6 Å². The van der Waals surface area contributed by atoms with Gasteiger partial charge in [0.1, 0.15) is 11.6 Å². The third-order valence-corrected chi connectivity index (χ3v) is 3.27. The molecule has 110 valence electrons. The molecule has 0 radical (unpaired) electrons. The summed E-state index contributed by atoms with van der Waals surface area (Å²) >= 11 is 0. The Morgan fingerprint density at radius 1 is 1.30 bits per heavy atom. The van der Waals surface area contributed by atoms with Gasteiger partial charge in [0.05, 0.1) is 18.4 Å². The maximum absolute atomic E-state index is 13.8. The Morgan fingerprint density at radius 2 is 2.10 bits per heavy atom. The Balaban J connectivity index is 2.19. The van der Waals surface area contributed by atoms with E-state index < -0.39 is 17.6 Å². The quantitative estimate of drug-likeness (QED) is 0.867. The number of benzene rings is 1. The molecule has 0 spiro atoms. The van der Waals surface area contributed by atoms with Gasteiger partial charge in [-0.1, -0.05) is 0 Å². The van der Waals surface area contributed by atoms with Crippen LogP contribution in [0.1, 0.15) is 29.6 Å². The van der Waals surface area contributed by atoms with E-state index in [0.717, 1.165) is 32.4 Å². The van der Waals surface area contributed by atoms with Gasteiger partial charge in [0, 0.05) is 25.3 Å². The molecule has 1 aliphatic heterocycles. The number of rotatable bonds is 3. The molecule has 1 aromatic rings. The van der Waals surface area contributed by atoms with Crippen LogP contribution in [0.3, 0.4) is 0 Å². The highest BCUT2D eigenvalue weighted by Crippen LogP contribution is 2.23. The molecule has 4 nitrogen and oxygen atoms in total. The van der Waals surface area contributed by atoms with Gasteiger partial charge in [-0.3, -0.25) is 0 Å². The minimum atomic E-state index is -0.927. The van der Waals surface area contributed by atoms with Crippen molar-refractivity contribution in [2.75, 3.05) is 25.6 Å². The van der Waals surface area contributed by atoms with Crippen molar-refractivity contribution < 1.29 is 23.0 Å². The van der Waals surface area contributed by atoms with Crippen LogP contribution in [0.5, 0.6) is 0 Å². The zero-order chi connectivity index (χ0) is 14.5. The van der Waals surface area contributed by atoms with Crippen LogP contribution in [0.4, 0.5) is 14.5 Å². The molecular formula is C14H17F2NO3. The molecule has 1 aliphatic rings. The van der Waals surface area contributed by atoms with Crippen LogP contribution in [-0.4, -0.2) is 32.3 Å². The summed E-state index contributed by atoms with van der Waals surface area (Å²) in [6.07, 6.45) is 2.46. The average Bonchev–Trinajstić information content (AvgIpc) is 2.69. The van der Waals surface area contributed by atoms with Gasteiger partial charge >= 0.3 is 5.97 Å². The SMILES string of the molecule is COC(=O)c1cc(NC2CCCOCC2)c(F)cc1F. The second-order valence-corrected chi connectivity index (χ2v) is 4.69. The van der Waals surface area contributed by atoms with Gasteiger partial charge in [-0.05, 0) is 25.3 Å². The molecule has 0 saturated carbocycles. The first-order valence-electron chi connectivity index (χ1n) is 6.53. The Hall–Kier alpha value is -1.69. The van der Waals surface area contributed by atoms with Crippen LogP contribution in [0.25, 0.3) is 0 Å². The van der Waals surface area contributed by atoms with E-state index in [0.29, 0.717) is 19.3 Å². The Morgan fingerprint density at radius 3 is 2.85 bits per heavy atom. The molecule has 1 saturated heterocycles. The fourth-order valence-electron chi connectivity index (χ4n) is 2.19. The van der Waals surface area contributed by atoms with E-state index in [1.54, 1.807) is 0 Å². The lowest BCUT2D eigenvalue weighted by Crippen LogP contribution is -2.21. The summed E-state index contributed by atoms with van der Waals surface area (Å²) in [6, 6.07) is 1.90. The van der Waals surface area contributed by atoms with E-state index in [2.05, 4.69) is 10.1 Å². The molecular weight excluding hydrogens is 268 g/mol. The van der Waals surface area contributed by atoms with Crippen LogP contribution in [0.15, 0.2) is 12.1 Å². The number of esters is 1. The lowest BCUT2D eigenvalue weighted by molar-refractivity contribution is 0.0595. The summed E-state index contributed by atoms with van der Waals surface area (Å²) < 4.78 is 37.1. The van der Waals surface area contributed by atoms with E-state index in [-0.39, 0.29) is 17.3 Å². The minimum Gasteiger partial charge on any atom is -0.465 e. The second kappa shape index (κ2) is 6.65. The fourth-order valence-corrected chi connectivity index (χ4v) is 2.19. The molecule has 6 heteroatoms. The first-order chi connectivity index (χ1) is 9.61. The second-order valence-electron chi connectivity index (χ2n) is 4.69. The molecule has 1 N–H and O–H groups in total. The lowest BCUT2D eigenvalue weighted by Gasteiger charge is -2.18. The van der Waals surface area contributed by atoms with Crippen molar-refractivity contribution in [2.24, 2.45) is 0 Å². The summed E-state index contributed by atoms with van der Waals surface area (Å²) in [5.74, 6) is -2.47. The number of hydrogen-bond acceptors (Lipinski definition) is 4. The fraction of sp³-hybridized carbons (Fsp3) is 0.500. The topological polar surface area (TPSA) is 47.6 Å². The summed E-state index contributed by atoms with van der Waals surface area (Å²) in [4.78, 5) is 11.4. The monoisotopic (exact) mass is 285 g/mol. The molecule has 0 bridgehead atoms. The van der Waals surface area contributed by atoms with Gasteiger partial charge < -0.3 is 14.8 Å². The number of nitrogens with one attached hydrogen (secondary N) is 1. The van der Waals surface area contributed by atoms with Gasteiger partial charge in [-0.2, -0.15) is 0 Å². The lowest BCUT2D eigenvalue weighted by atomic mass is 10.1. The highest BCUT2D eigenvalue weighted by atomic mass is 19.1. The van der Waals surface area contributed by atoms with Crippen LogP contribution >= 0.6 is 0 Å². The maximum Gasteiger partial charge on any atom is 0.340 e. The van der Waals surface area contributed by atoms with Gasteiger partial charge in [0.2, 0.25) is 0 Å². The standard InChI is InChI=1S/C14H17F2NO3/c1-19-14(18)10-7-13(12(16)8-11(10)15)17-9-3-2-5-20-6-4-9/h7-9,17H,2-6H2,1H3. The number of methoxy groups -OCH3 is 1. The van der Waals surface area contributed by atoms with Crippen molar-refractivity contribution in [3.63, 3.8) is 0 Å². The summed E-state index contributed by atoms with van der Waals surface area (Å²) in [7, 11) is 1.15. The van der Waals surface area contributed by atoms with Crippen LogP contribution in [-0.2, 0) is 9.47 Å². The minimum absolute atomic E-state index is 0.0444. The molecule has 2 rings (SSSR count). The first kappa shape index (κ1) is 14.7. The zero-order valence-electron chi connectivity index (χ0n) is 11.2. The Bertz CT molecular complexity index is 486. The predicted octanol–water partition coefficient (Wildman–Crippen LogP) is 2.73. The van der Waals surface area contributed by atoms with E-state index in [1.807, 2.05) is 0 Å². The number of ether oxygens (including phenoxy) is 2. The van der Waals surface area contributed by atoms with Gasteiger partial charge in [-0.15, -0.1) is 0 Å². The van der Waals surface area contributed by atoms with Gasteiger partial charge in [-0.25, -0.2) is 13.6 Å². The summed E-state index contributed by atoms with van der Waals surface area (Å²) in [5, 5.41) is 3.01. The van der Waals surface area contributed by atoms with Crippen molar-refractivity contribution in [3.05, 3.63) is 29.3 Å². The summed E-state index contributed by atoms with van der Waals surface area (Å²) in [6.45, 7) is 1.29. The molecule has 20 heavy (non-hydrogen) atoms. The molecule has 0 amide bonds. The van der Waals surface area contributed by atoms with Crippen molar-refractivity contribution in [3.8, 4) is 0 Å². The van der Waals surface area contributed by atoms with E-state index in [4.69, 9.17) is 4.74 Å². The number of hydrogen-bond donors (Lipinski definition) is 1. The average molecular weight is 285 g/mol. The summed E-state index contributed by atoms with van der Waals surface area (Å²) in [5.41, 5.74) is -0.167. The van der Waals surface area contributed by atoms with Crippen molar-refractivity contribution >= 4 is 11.7 Å². The number of anilines is 1.